The third-order valence-corrected chi connectivity index (χ3v) is 5.49. The second kappa shape index (κ2) is 9.20. The van der Waals surface area contributed by atoms with Gasteiger partial charge in [-0.2, -0.15) is 0 Å². The van der Waals surface area contributed by atoms with Gasteiger partial charge in [-0.3, -0.25) is 9.59 Å². The average molecular weight is 443 g/mol. The molecule has 0 aliphatic carbocycles. The summed E-state index contributed by atoms with van der Waals surface area (Å²) in [4.78, 5) is 28.4. The SMILES string of the molecule is CCOc1ccc(C2=C(Nc3ccc(OC)cc3)C(=O)N(c3ccc(C)cc3C)C2=O)cc1. The molecule has 6 heteroatoms. The fourth-order valence-electron chi connectivity index (χ4n) is 3.89. The molecule has 1 N–H and O–H groups in total. The molecule has 0 radical (unpaired) electrons. The van der Waals surface area contributed by atoms with Crippen molar-refractivity contribution in [2.45, 2.75) is 20.8 Å². The van der Waals surface area contributed by atoms with E-state index in [2.05, 4.69) is 5.32 Å². The lowest BCUT2D eigenvalue weighted by atomic mass is 10.0. The standard InChI is InChI=1S/C27H26N2O4/c1-5-33-22-11-7-19(8-12-22)24-25(28-20-9-13-21(32-4)14-10-20)27(31)29(26(24)30)23-15-6-17(2)16-18(23)3/h6-16,28H,5H2,1-4H3. The molecule has 168 valence electrons. The molecule has 1 heterocycles. The minimum absolute atomic E-state index is 0.231. The molecular weight excluding hydrogens is 416 g/mol. The first kappa shape index (κ1) is 22.1. The van der Waals surface area contributed by atoms with E-state index in [-0.39, 0.29) is 11.6 Å². The van der Waals surface area contributed by atoms with Crippen molar-refractivity contribution >= 4 is 28.8 Å². The van der Waals surface area contributed by atoms with Gasteiger partial charge in [-0.25, -0.2) is 4.90 Å². The van der Waals surface area contributed by atoms with Gasteiger partial charge >= 0.3 is 0 Å². The van der Waals surface area contributed by atoms with Gasteiger partial charge in [0, 0.05) is 5.69 Å². The number of aryl methyl sites for hydroxylation is 2. The molecule has 0 bridgehead atoms. The second-order valence-corrected chi connectivity index (χ2v) is 7.80. The van der Waals surface area contributed by atoms with Gasteiger partial charge in [0.2, 0.25) is 0 Å². The fraction of sp³-hybridized carbons (Fsp3) is 0.185. The highest BCUT2D eigenvalue weighted by Crippen LogP contribution is 2.36. The number of anilines is 2. The van der Waals surface area contributed by atoms with Gasteiger partial charge < -0.3 is 14.8 Å². The molecule has 0 saturated carbocycles. The van der Waals surface area contributed by atoms with E-state index >= 15 is 0 Å². The lowest BCUT2D eigenvalue weighted by Crippen LogP contribution is -2.33. The minimum atomic E-state index is -0.397. The van der Waals surface area contributed by atoms with Crippen LogP contribution in [0.2, 0.25) is 0 Å². The summed E-state index contributed by atoms with van der Waals surface area (Å²) in [6, 6.07) is 20.1. The van der Waals surface area contributed by atoms with Crippen molar-refractivity contribution in [1.82, 2.24) is 0 Å². The van der Waals surface area contributed by atoms with Crippen LogP contribution in [0.1, 0.15) is 23.6 Å². The Balaban J connectivity index is 1.79. The molecule has 3 aromatic carbocycles. The number of nitrogens with zero attached hydrogens (tertiary/aromatic N) is 1. The molecule has 1 aliphatic heterocycles. The lowest BCUT2D eigenvalue weighted by molar-refractivity contribution is -0.120. The zero-order valence-electron chi connectivity index (χ0n) is 19.1. The van der Waals surface area contributed by atoms with Gasteiger partial charge in [-0.05, 0) is 74.4 Å². The summed E-state index contributed by atoms with van der Waals surface area (Å²) in [7, 11) is 1.59. The molecule has 0 unspecified atom stereocenters. The number of nitrogens with one attached hydrogen (secondary N) is 1. The van der Waals surface area contributed by atoms with Gasteiger partial charge in [-0.15, -0.1) is 0 Å². The predicted molar refractivity (Wildman–Crippen MR) is 130 cm³/mol. The Bertz CT molecular complexity index is 1230. The second-order valence-electron chi connectivity index (χ2n) is 7.80. The number of hydrogen-bond acceptors (Lipinski definition) is 5. The van der Waals surface area contributed by atoms with Crippen molar-refractivity contribution in [3.05, 3.63) is 89.1 Å². The van der Waals surface area contributed by atoms with Crippen LogP contribution in [0.25, 0.3) is 5.57 Å². The van der Waals surface area contributed by atoms with Crippen molar-refractivity contribution < 1.29 is 19.1 Å². The zero-order chi connectivity index (χ0) is 23.5. The third-order valence-electron chi connectivity index (χ3n) is 5.49. The summed E-state index contributed by atoms with van der Waals surface area (Å²) in [6.45, 7) is 6.33. The first-order valence-electron chi connectivity index (χ1n) is 10.8. The summed E-state index contributed by atoms with van der Waals surface area (Å²) in [5.41, 5.74) is 4.36. The van der Waals surface area contributed by atoms with Crippen LogP contribution in [-0.2, 0) is 9.59 Å². The molecule has 0 aromatic heterocycles. The van der Waals surface area contributed by atoms with E-state index in [1.807, 2.05) is 39.0 Å². The van der Waals surface area contributed by atoms with E-state index in [0.29, 0.717) is 40.6 Å². The Morgan fingerprint density at radius 1 is 0.848 bits per heavy atom. The van der Waals surface area contributed by atoms with Gasteiger partial charge in [0.15, 0.2) is 0 Å². The van der Waals surface area contributed by atoms with Crippen molar-refractivity contribution in [2.24, 2.45) is 0 Å². The predicted octanol–water partition coefficient (Wildman–Crippen LogP) is 5.11. The molecule has 3 aromatic rings. The summed E-state index contributed by atoms with van der Waals surface area (Å²) < 4.78 is 10.7. The van der Waals surface area contributed by atoms with Crippen LogP contribution in [0.5, 0.6) is 11.5 Å². The number of hydrogen-bond donors (Lipinski definition) is 1. The van der Waals surface area contributed by atoms with Crippen molar-refractivity contribution in [2.75, 3.05) is 23.9 Å². The summed E-state index contributed by atoms with van der Waals surface area (Å²) in [5, 5.41) is 3.17. The van der Waals surface area contributed by atoms with Crippen LogP contribution in [0, 0.1) is 13.8 Å². The Morgan fingerprint density at radius 3 is 2.12 bits per heavy atom. The van der Waals surface area contributed by atoms with Gasteiger partial charge in [0.1, 0.15) is 17.2 Å². The molecule has 0 saturated heterocycles. The van der Waals surface area contributed by atoms with E-state index in [9.17, 15) is 9.59 Å². The quantitative estimate of drug-likeness (QED) is 0.515. The maximum Gasteiger partial charge on any atom is 0.282 e. The van der Waals surface area contributed by atoms with E-state index in [4.69, 9.17) is 9.47 Å². The number of benzene rings is 3. The Labute approximate surface area is 193 Å². The number of amides is 2. The summed E-state index contributed by atoms with van der Waals surface area (Å²) >= 11 is 0. The third kappa shape index (κ3) is 4.32. The monoisotopic (exact) mass is 442 g/mol. The number of ether oxygens (including phenoxy) is 2. The maximum absolute atomic E-state index is 13.6. The number of methoxy groups -OCH3 is 1. The van der Waals surface area contributed by atoms with Crippen LogP contribution in [0.4, 0.5) is 11.4 Å². The number of rotatable bonds is 7. The summed E-state index contributed by atoms with van der Waals surface area (Å²) in [6.07, 6.45) is 0. The van der Waals surface area contributed by atoms with E-state index < -0.39 is 5.91 Å². The number of carbonyl (C=O) groups is 2. The molecule has 4 rings (SSSR count). The molecule has 0 spiro atoms. The highest BCUT2D eigenvalue weighted by atomic mass is 16.5. The Kier molecular flexibility index (Phi) is 6.18. The van der Waals surface area contributed by atoms with Gasteiger partial charge in [0.05, 0.1) is 25.0 Å². The molecule has 2 amide bonds. The fourth-order valence-corrected chi connectivity index (χ4v) is 3.89. The van der Waals surface area contributed by atoms with Crippen molar-refractivity contribution in [3.8, 4) is 11.5 Å². The van der Waals surface area contributed by atoms with Crippen molar-refractivity contribution in [3.63, 3.8) is 0 Å². The zero-order valence-corrected chi connectivity index (χ0v) is 19.1. The van der Waals surface area contributed by atoms with E-state index in [0.717, 1.165) is 11.1 Å². The van der Waals surface area contributed by atoms with E-state index in [1.54, 1.807) is 55.6 Å². The normalized spacial score (nSPS) is 13.5. The maximum atomic E-state index is 13.6. The lowest BCUT2D eigenvalue weighted by Gasteiger charge is -2.18. The van der Waals surface area contributed by atoms with Gasteiger partial charge in [0.25, 0.3) is 11.8 Å². The molecular formula is C27H26N2O4. The van der Waals surface area contributed by atoms with Crippen LogP contribution in [0.15, 0.2) is 72.4 Å². The first-order valence-corrected chi connectivity index (χ1v) is 10.8. The molecule has 1 aliphatic rings. The molecule has 0 atom stereocenters. The Hall–Kier alpha value is -4.06. The van der Waals surface area contributed by atoms with Crippen molar-refractivity contribution in [1.29, 1.82) is 0 Å². The van der Waals surface area contributed by atoms with Gasteiger partial charge in [-0.1, -0.05) is 29.8 Å². The molecule has 6 nitrogen and oxygen atoms in total. The highest BCUT2D eigenvalue weighted by molar-refractivity contribution is 6.46. The average Bonchev–Trinajstić information content (AvgIpc) is 3.05. The largest absolute Gasteiger partial charge is 0.497 e. The highest BCUT2D eigenvalue weighted by Gasteiger charge is 2.40. The number of imide groups is 1. The van der Waals surface area contributed by atoms with Crippen LogP contribution < -0.4 is 19.7 Å². The topological polar surface area (TPSA) is 67.9 Å². The van der Waals surface area contributed by atoms with E-state index in [1.165, 1.54) is 4.90 Å². The Morgan fingerprint density at radius 2 is 1.52 bits per heavy atom. The summed E-state index contributed by atoms with van der Waals surface area (Å²) in [5.74, 6) is 0.639. The molecule has 33 heavy (non-hydrogen) atoms. The van der Waals surface area contributed by atoms with Crippen LogP contribution in [-0.4, -0.2) is 25.5 Å². The smallest absolute Gasteiger partial charge is 0.282 e. The van der Waals surface area contributed by atoms with Crippen LogP contribution in [0.3, 0.4) is 0 Å². The minimum Gasteiger partial charge on any atom is -0.497 e. The number of carbonyl (C=O) groups excluding carboxylic acids is 2. The molecule has 0 fully saturated rings. The van der Waals surface area contributed by atoms with Crippen LogP contribution >= 0.6 is 0 Å². The first-order chi connectivity index (χ1) is 15.9.